The lowest BCUT2D eigenvalue weighted by molar-refractivity contribution is -0.145. The van der Waals surface area contributed by atoms with E-state index in [4.69, 9.17) is 10.5 Å². The number of ether oxygens (including phenoxy) is 1. The Kier molecular flexibility index (Phi) is 8.75. The quantitative estimate of drug-likeness (QED) is 0.735. The van der Waals surface area contributed by atoms with Crippen molar-refractivity contribution in [3.05, 3.63) is 0 Å². The van der Waals surface area contributed by atoms with E-state index in [2.05, 4.69) is 5.32 Å². The average Bonchev–Trinajstić information content (AvgIpc) is 2.38. The Labute approximate surface area is 114 Å². The summed E-state index contributed by atoms with van der Waals surface area (Å²) in [6, 6.07) is -0.542. The highest BCUT2D eigenvalue weighted by Gasteiger charge is 2.25. The molecule has 0 spiro atoms. The van der Waals surface area contributed by atoms with Crippen LogP contribution in [0.3, 0.4) is 0 Å². The number of nitrogens with one attached hydrogen (secondary N) is 1. The average molecular weight is 279 g/mol. The second-order valence-corrected chi connectivity index (χ2v) is 4.59. The molecule has 1 rings (SSSR count). The molecule has 0 aromatic heterocycles. The normalized spacial score (nSPS) is 17.4. The fourth-order valence-electron chi connectivity index (χ4n) is 2.37. The SMILES string of the molecule is COC(=O)C(CC1CCCCC1)NC(=O)CN.Cl. The zero-order chi connectivity index (χ0) is 12.7. The van der Waals surface area contributed by atoms with Crippen LogP contribution in [0.25, 0.3) is 0 Å². The molecule has 0 aliphatic heterocycles. The van der Waals surface area contributed by atoms with E-state index in [1.807, 2.05) is 0 Å². The minimum absolute atomic E-state index is 0. The molecule has 0 radical (unpaired) electrons. The van der Waals surface area contributed by atoms with Crippen LogP contribution in [-0.2, 0) is 14.3 Å². The highest BCUT2D eigenvalue weighted by Crippen LogP contribution is 2.27. The monoisotopic (exact) mass is 278 g/mol. The molecule has 0 aromatic rings. The third-order valence-corrected chi connectivity index (χ3v) is 3.30. The van der Waals surface area contributed by atoms with Gasteiger partial charge in [-0.05, 0) is 12.3 Å². The molecule has 1 fully saturated rings. The third kappa shape index (κ3) is 5.69. The first-order chi connectivity index (χ1) is 8.17. The fraction of sp³-hybridized carbons (Fsp3) is 0.833. The van der Waals surface area contributed by atoms with Gasteiger partial charge in [0.1, 0.15) is 6.04 Å². The fourth-order valence-corrected chi connectivity index (χ4v) is 2.37. The summed E-state index contributed by atoms with van der Waals surface area (Å²) in [6.45, 7) is -0.0990. The van der Waals surface area contributed by atoms with Crippen LogP contribution < -0.4 is 11.1 Å². The number of amides is 1. The van der Waals surface area contributed by atoms with Crippen molar-refractivity contribution in [2.45, 2.75) is 44.6 Å². The molecule has 1 saturated carbocycles. The van der Waals surface area contributed by atoms with Crippen molar-refractivity contribution < 1.29 is 14.3 Å². The van der Waals surface area contributed by atoms with Gasteiger partial charge in [0.2, 0.25) is 5.91 Å². The molecule has 1 atom stereocenters. The summed E-state index contributed by atoms with van der Waals surface area (Å²) in [7, 11) is 1.34. The first-order valence-electron chi connectivity index (χ1n) is 6.24. The van der Waals surface area contributed by atoms with Gasteiger partial charge in [-0.1, -0.05) is 32.1 Å². The van der Waals surface area contributed by atoms with Crippen molar-refractivity contribution in [3.63, 3.8) is 0 Å². The lowest BCUT2D eigenvalue weighted by atomic mass is 9.85. The third-order valence-electron chi connectivity index (χ3n) is 3.30. The molecule has 18 heavy (non-hydrogen) atoms. The van der Waals surface area contributed by atoms with Gasteiger partial charge in [-0.3, -0.25) is 4.79 Å². The maximum atomic E-state index is 11.6. The van der Waals surface area contributed by atoms with E-state index in [9.17, 15) is 9.59 Å². The Morgan fingerprint density at radius 3 is 2.44 bits per heavy atom. The Hall–Kier alpha value is -0.810. The van der Waals surface area contributed by atoms with Crippen LogP contribution in [-0.4, -0.2) is 31.6 Å². The van der Waals surface area contributed by atoms with Gasteiger partial charge in [-0.15, -0.1) is 12.4 Å². The molecule has 1 aliphatic carbocycles. The van der Waals surface area contributed by atoms with E-state index in [0.717, 1.165) is 12.8 Å². The van der Waals surface area contributed by atoms with Crippen molar-refractivity contribution in [2.24, 2.45) is 11.7 Å². The summed E-state index contributed by atoms with van der Waals surface area (Å²) in [5, 5.41) is 2.63. The van der Waals surface area contributed by atoms with Gasteiger partial charge in [-0.25, -0.2) is 4.79 Å². The molecular formula is C12H23ClN2O3. The topological polar surface area (TPSA) is 81.4 Å². The van der Waals surface area contributed by atoms with Gasteiger partial charge < -0.3 is 15.8 Å². The summed E-state index contributed by atoms with van der Waals surface area (Å²) in [6.07, 6.45) is 6.62. The number of halogens is 1. The number of methoxy groups -OCH3 is 1. The molecule has 6 heteroatoms. The zero-order valence-electron chi connectivity index (χ0n) is 10.8. The molecular weight excluding hydrogens is 256 g/mol. The number of hydrogen-bond donors (Lipinski definition) is 2. The van der Waals surface area contributed by atoms with Crippen LogP contribution in [0.15, 0.2) is 0 Å². The molecule has 0 bridgehead atoms. The maximum Gasteiger partial charge on any atom is 0.328 e. The molecule has 106 valence electrons. The number of esters is 1. The minimum Gasteiger partial charge on any atom is -0.467 e. The molecule has 1 aliphatic rings. The van der Waals surface area contributed by atoms with Crippen molar-refractivity contribution >= 4 is 24.3 Å². The van der Waals surface area contributed by atoms with E-state index in [-0.39, 0.29) is 30.8 Å². The molecule has 0 aromatic carbocycles. The van der Waals surface area contributed by atoms with E-state index >= 15 is 0 Å². The van der Waals surface area contributed by atoms with Gasteiger partial charge in [0.15, 0.2) is 0 Å². The molecule has 0 saturated heterocycles. The van der Waals surface area contributed by atoms with Crippen molar-refractivity contribution in [2.75, 3.05) is 13.7 Å². The summed E-state index contributed by atoms with van der Waals surface area (Å²) in [5.74, 6) is -0.181. The van der Waals surface area contributed by atoms with Crippen LogP contribution in [0.5, 0.6) is 0 Å². The molecule has 1 amide bonds. The van der Waals surface area contributed by atoms with Gasteiger partial charge in [0, 0.05) is 0 Å². The highest BCUT2D eigenvalue weighted by molar-refractivity contribution is 5.85. The lowest BCUT2D eigenvalue weighted by Crippen LogP contribution is -2.45. The van der Waals surface area contributed by atoms with Crippen molar-refractivity contribution in [3.8, 4) is 0 Å². The summed E-state index contributed by atoms with van der Waals surface area (Å²) in [5.41, 5.74) is 5.23. The Morgan fingerprint density at radius 1 is 1.33 bits per heavy atom. The van der Waals surface area contributed by atoms with Gasteiger partial charge in [0.05, 0.1) is 13.7 Å². The van der Waals surface area contributed by atoms with Crippen LogP contribution >= 0.6 is 12.4 Å². The molecule has 3 N–H and O–H groups in total. The number of carbonyl (C=O) groups excluding carboxylic acids is 2. The molecule has 5 nitrogen and oxygen atoms in total. The van der Waals surface area contributed by atoms with Gasteiger partial charge in [-0.2, -0.15) is 0 Å². The number of rotatable bonds is 5. The van der Waals surface area contributed by atoms with Crippen molar-refractivity contribution in [1.29, 1.82) is 0 Å². The second-order valence-electron chi connectivity index (χ2n) is 4.59. The number of hydrogen-bond acceptors (Lipinski definition) is 4. The molecule has 0 heterocycles. The zero-order valence-corrected chi connectivity index (χ0v) is 11.6. The first kappa shape index (κ1) is 17.2. The minimum atomic E-state index is -0.542. The number of carbonyl (C=O) groups is 2. The van der Waals surface area contributed by atoms with Crippen molar-refractivity contribution in [1.82, 2.24) is 5.32 Å². The predicted molar refractivity (Wildman–Crippen MR) is 71.4 cm³/mol. The van der Waals surface area contributed by atoms with Crippen LogP contribution in [0.1, 0.15) is 38.5 Å². The Balaban J connectivity index is 0.00000289. The van der Waals surface area contributed by atoms with Crippen LogP contribution in [0.2, 0.25) is 0 Å². The number of nitrogens with two attached hydrogens (primary N) is 1. The van der Waals surface area contributed by atoms with E-state index in [0.29, 0.717) is 12.3 Å². The van der Waals surface area contributed by atoms with Gasteiger partial charge in [0.25, 0.3) is 0 Å². The van der Waals surface area contributed by atoms with E-state index in [1.165, 1.54) is 26.4 Å². The standard InChI is InChI=1S/C12H22N2O3.ClH/c1-17-12(16)10(14-11(15)8-13)7-9-5-3-2-4-6-9;/h9-10H,2-8,13H2,1H3,(H,14,15);1H. The second kappa shape index (κ2) is 9.16. The highest BCUT2D eigenvalue weighted by atomic mass is 35.5. The lowest BCUT2D eigenvalue weighted by Gasteiger charge is -2.25. The summed E-state index contributed by atoms with van der Waals surface area (Å²) < 4.78 is 4.70. The Morgan fingerprint density at radius 2 is 1.94 bits per heavy atom. The molecule has 1 unspecified atom stereocenters. The first-order valence-corrected chi connectivity index (χ1v) is 6.24. The van der Waals surface area contributed by atoms with E-state index in [1.54, 1.807) is 0 Å². The smallest absolute Gasteiger partial charge is 0.328 e. The predicted octanol–water partition coefficient (Wildman–Crippen LogP) is 0.995. The summed E-state index contributed by atoms with van der Waals surface area (Å²) in [4.78, 5) is 22.8. The van der Waals surface area contributed by atoms with Crippen LogP contribution in [0, 0.1) is 5.92 Å². The van der Waals surface area contributed by atoms with Gasteiger partial charge >= 0.3 is 5.97 Å². The maximum absolute atomic E-state index is 11.6. The largest absolute Gasteiger partial charge is 0.467 e. The van der Waals surface area contributed by atoms with E-state index < -0.39 is 6.04 Å². The summed E-state index contributed by atoms with van der Waals surface area (Å²) >= 11 is 0. The van der Waals surface area contributed by atoms with Crippen LogP contribution in [0.4, 0.5) is 0 Å². The Bertz CT molecular complexity index is 268.